The van der Waals surface area contributed by atoms with Crippen molar-refractivity contribution in [3.05, 3.63) is 28.2 Å². The third-order valence-corrected chi connectivity index (χ3v) is 3.25. The molecule has 0 bridgehead atoms. The number of benzene rings is 1. The van der Waals surface area contributed by atoms with Crippen molar-refractivity contribution in [2.45, 2.75) is 11.8 Å². The van der Waals surface area contributed by atoms with Gasteiger partial charge in [0.2, 0.25) is 0 Å². The minimum atomic E-state index is -0.265. The molecule has 0 atom stereocenters. The second kappa shape index (κ2) is 6.56. The number of hydrogen-bond donors (Lipinski definition) is 0. The molecular weight excluding hydrogens is 290 g/mol. The fourth-order valence-electron chi connectivity index (χ4n) is 1.05. The SMILES string of the molecule is CCOC(=O)CSc1ccc(Br)cc1C#N. The number of nitriles is 1. The quantitative estimate of drug-likeness (QED) is 0.633. The van der Waals surface area contributed by atoms with Crippen LogP contribution in [0.4, 0.5) is 0 Å². The zero-order valence-electron chi connectivity index (χ0n) is 8.70. The van der Waals surface area contributed by atoms with E-state index in [9.17, 15) is 4.79 Å². The largest absolute Gasteiger partial charge is 0.465 e. The number of carbonyl (C=O) groups excluding carboxylic acids is 1. The summed E-state index contributed by atoms with van der Waals surface area (Å²) in [6, 6.07) is 7.47. The summed E-state index contributed by atoms with van der Waals surface area (Å²) in [7, 11) is 0. The average molecular weight is 300 g/mol. The van der Waals surface area contributed by atoms with Gasteiger partial charge in [-0.15, -0.1) is 11.8 Å². The van der Waals surface area contributed by atoms with Gasteiger partial charge in [-0.05, 0) is 25.1 Å². The molecule has 3 nitrogen and oxygen atoms in total. The number of carbonyl (C=O) groups is 1. The van der Waals surface area contributed by atoms with Crippen molar-refractivity contribution in [2.24, 2.45) is 0 Å². The third kappa shape index (κ3) is 3.87. The monoisotopic (exact) mass is 299 g/mol. The number of ether oxygens (including phenoxy) is 1. The topological polar surface area (TPSA) is 50.1 Å². The molecule has 0 fully saturated rings. The lowest BCUT2D eigenvalue weighted by atomic mass is 10.2. The van der Waals surface area contributed by atoms with E-state index < -0.39 is 0 Å². The van der Waals surface area contributed by atoms with E-state index in [0.717, 1.165) is 9.37 Å². The Morgan fingerprint density at radius 3 is 3.00 bits per heavy atom. The number of hydrogen-bond acceptors (Lipinski definition) is 4. The molecule has 1 aromatic carbocycles. The Hall–Kier alpha value is -0.990. The molecular formula is C11H10BrNO2S. The van der Waals surface area contributed by atoms with Crippen LogP contribution in [0.25, 0.3) is 0 Å². The van der Waals surface area contributed by atoms with Gasteiger partial charge in [0.05, 0.1) is 17.9 Å². The van der Waals surface area contributed by atoms with Gasteiger partial charge in [0.25, 0.3) is 0 Å². The van der Waals surface area contributed by atoms with Crippen molar-refractivity contribution in [1.29, 1.82) is 5.26 Å². The molecule has 0 aliphatic carbocycles. The highest BCUT2D eigenvalue weighted by Crippen LogP contribution is 2.25. The van der Waals surface area contributed by atoms with Crippen LogP contribution >= 0.6 is 27.7 Å². The number of esters is 1. The van der Waals surface area contributed by atoms with Crippen molar-refractivity contribution < 1.29 is 9.53 Å². The molecule has 0 aromatic heterocycles. The Balaban J connectivity index is 2.67. The highest BCUT2D eigenvalue weighted by molar-refractivity contribution is 9.10. The second-order valence-electron chi connectivity index (χ2n) is 2.85. The summed E-state index contributed by atoms with van der Waals surface area (Å²) in [5.74, 6) is -0.0382. The van der Waals surface area contributed by atoms with Crippen LogP contribution in [0.2, 0.25) is 0 Å². The van der Waals surface area contributed by atoms with Crippen molar-refractivity contribution in [3.8, 4) is 6.07 Å². The molecule has 0 heterocycles. The number of thioether (sulfide) groups is 1. The lowest BCUT2D eigenvalue weighted by Gasteiger charge is -2.04. The van der Waals surface area contributed by atoms with E-state index in [1.54, 1.807) is 13.0 Å². The van der Waals surface area contributed by atoms with Crippen molar-refractivity contribution in [1.82, 2.24) is 0 Å². The normalized spacial score (nSPS) is 9.56. The first kappa shape index (κ1) is 13.1. The van der Waals surface area contributed by atoms with Crippen LogP contribution < -0.4 is 0 Å². The minimum Gasteiger partial charge on any atom is -0.465 e. The van der Waals surface area contributed by atoms with Gasteiger partial charge in [-0.1, -0.05) is 15.9 Å². The smallest absolute Gasteiger partial charge is 0.316 e. The predicted octanol–water partition coefficient (Wildman–Crippen LogP) is 2.98. The van der Waals surface area contributed by atoms with Crippen molar-refractivity contribution in [3.63, 3.8) is 0 Å². The van der Waals surface area contributed by atoms with Gasteiger partial charge in [0, 0.05) is 9.37 Å². The van der Waals surface area contributed by atoms with Gasteiger partial charge >= 0.3 is 5.97 Å². The van der Waals surface area contributed by atoms with Gasteiger partial charge in [0.1, 0.15) is 6.07 Å². The van der Waals surface area contributed by atoms with Crippen LogP contribution in [0.5, 0.6) is 0 Å². The molecule has 16 heavy (non-hydrogen) atoms. The molecule has 0 saturated carbocycles. The van der Waals surface area contributed by atoms with E-state index in [-0.39, 0.29) is 11.7 Å². The Labute approximate surface area is 107 Å². The van der Waals surface area contributed by atoms with E-state index in [2.05, 4.69) is 22.0 Å². The fourth-order valence-corrected chi connectivity index (χ4v) is 2.20. The van der Waals surface area contributed by atoms with Gasteiger partial charge in [-0.25, -0.2) is 0 Å². The number of halogens is 1. The van der Waals surface area contributed by atoms with E-state index >= 15 is 0 Å². The van der Waals surface area contributed by atoms with Crippen LogP contribution in [0, 0.1) is 11.3 Å². The third-order valence-electron chi connectivity index (χ3n) is 1.71. The summed E-state index contributed by atoms with van der Waals surface area (Å²) in [6.07, 6.45) is 0. The zero-order chi connectivity index (χ0) is 12.0. The van der Waals surface area contributed by atoms with Crippen molar-refractivity contribution in [2.75, 3.05) is 12.4 Å². The number of nitrogens with zero attached hydrogens (tertiary/aromatic N) is 1. The Morgan fingerprint density at radius 1 is 1.62 bits per heavy atom. The summed E-state index contributed by atoms with van der Waals surface area (Å²) in [6.45, 7) is 2.15. The van der Waals surface area contributed by atoms with Crippen LogP contribution in [-0.2, 0) is 9.53 Å². The Kier molecular flexibility index (Phi) is 5.36. The van der Waals surface area contributed by atoms with Crippen LogP contribution in [0.1, 0.15) is 12.5 Å². The molecule has 0 aliphatic rings. The standard InChI is InChI=1S/C11H10BrNO2S/c1-2-15-11(14)7-16-10-4-3-9(12)5-8(10)6-13/h3-5H,2,7H2,1H3. The maximum atomic E-state index is 11.1. The summed E-state index contributed by atoms with van der Waals surface area (Å²) in [5.41, 5.74) is 0.559. The molecule has 0 radical (unpaired) electrons. The van der Waals surface area contributed by atoms with Gasteiger partial charge in [0.15, 0.2) is 0 Å². The lowest BCUT2D eigenvalue weighted by molar-refractivity contribution is -0.139. The molecule has 1 rings (SSSR count). The second-order valence-corrected chi connectivity index (χ2v) is 4.78. The van der Waals surface area contributed by atoms with E-state index in [1.807, 2.05) is 12.1 Å². The molecule has 84 valence electrons. The molecule has 0 saturated heterocycles. The number of rotatable bonds is 4. The van der Waals surface area contributed by atoms with E-state index in [0.29, 0.717) is 12.2 Å². The van der Waals surface area contributed by atoms with Crippen LogP contribution in [-0.4, -0.2) is 18.3 Å². The van der Waals surface area contributed by atoms with Crippen LogP contribution in [0.15, 0.2) is 27.6 Å². The minimum absolute atomic E-state index is 0.226. The molecule has 0 aliphatic heterocycles. The average Bonchev–Trinajstić information content (AvgIpc) is 2.27. The Bertz CT molecular complexity index is 428. The maximum absolute atomic E-state index is 11.1. The first-order chi connectivity index (χ1) is 7.67. The lowest BCUT2D eigenvalue weighted by Crippen LogP contribution is -2.06. The summed E-state index contributed by atoms with van der Waals surface area (Å²) in [4.78, 5) is 11.9. The van der Waals surface area contributed by atoms with E-state index in [4.69, 9.17) is 10.00 Å². The molecule has 1 aromatic rings. The summed E-state index contributed by atoms with van der Waals surface area (Å²) < 4.78 is 5.66. The molecule has 0 amide bonds. The summed E-state index contributed by atoms with van der Waals surface area (Å²) in [5, 5.41) is 8.91. The molecule has 0 N–H and O–H groups in total. The highest BCUT2D eigenvalue weighted by Gasteiger charge is 2.07. The zero-order valence-corrected chi connectivity index (χ0v) is 11.1. The fraction of sp³-hybridized carbons (Fsp3) is 0.273. The van der Waals surface area contributed by atoms with E-state index in [1.165, 1.54) is 11.8 Å². The van der Waals surface area contributed by atoms with Gasteiger partial charge in [-0.2, -0.15) is 5.26 Å². The molecule has 0 spiro atoms. The summed E-state index contributed by atoms with van der Waals surface area (Å²) >= 11 is 4.60. The Morgan fingerprint density at radius 2 is 2.38 bits per heavy atom. The van der Waals surface area contributed by atoms with Crippen molar-refractivity contribution >= 4 is 33.7 Å². The molecule has 5 heteroatoms. The highest BCUT2D eigenvalue weighted by atomic mass is 79.9. The van der Waals surface area contributed by atoms with Crippen LogP contribution in [0.3, 0.4) is 0 Å². The van der Waals surface area contributed by atoms with Gasteiger partial charge < -0.3 is 4.74 Å². The van der Waals surface area contributed by atoms with Gasteiger partial charge in [-0.3, -0.25) is 4.79 Å². The molecule has 0 unspecified atom stereocenters. The first-order valence-corrected chi connectivity index (χ1v) is 6.43. The first-order valence-electron chi connectivity index (χ1n) is 4.65. The predicted molar refractivity (Wildman–Crippen MR) is 66.2 cm³/mol. The maximum Gasteiger partial charge on any atom is 0.316 e.